The molecule has 2 unspecified atom stereocenters. The Morgan fingerprint density at radius 2 is 1.83 bits per heavy atom. The summed E-state index contributed by atoms with van der Waals surface area (Å²) in [7, 11) is 0. The Balaban J connectivity index is 1.57. The maximum atomic E-state index is 12.3. The van der Waals surface area contributed by atoms with E-state index in [1.165, 1.54) is 4.90 Å². The zero-order valence-electron chi connectivity index (χ0n) is 13.1. The molecule has 2 aliphatic rings. The van der Waals surface area contributed by atoms with Gasteiger partial charge in [-0.15, -0.1) is 0 Å². The molecule has 1 saturated heterocycles. The van der Waals surface area contributed by atoms with Crippen LogP contribution in [0.1, 0.15) is 24.8 Å². The number of benzene rings is 1. The van der Waals surface area contributed by atoms with Crippen molar-refractivity contribution in [1.82, 2.24) is 4.90 Å². The minimum Gasteiger partial charge on any atom is -0.326 e. The van der Waals surface area contributed by atoms with E-state index in [-0.39, 0.29) is 42.5 Å². The van der Waals surface area contributed by atoms with E-state index in [1.54, 1.807) is 0 Å². The minimum atomic E-state index is -0.229. The molecule has 5 heteroatoms. The third-order valence-electron chi connectivity index (χ3n) is 4.46. The first-order chi connectivity index (χ1) is 11.1. The van der Waals surface area contributed by atoms with Crippen molar-refractivity contribution in [2.75, 3.05) is 11.9 Å². The summed E-state index contributed by atoms with van der Waals surface area (Å²) in [4.78, 5) is 37.9. The first-order valence-electron chi connectivity index (χ1n) is 7.93. The number of amides is 3. The molecule has 1 fully saturated rings. The lowest BCUT2D eigenvalue weighted by molar-refractivity contribution is -0.140. The molecule has 1 aromatic carbocycles. The average molecular weight is 312 g/mol. The summed E-state index contributed by atoms with van der Waals surface area (Å²) in [6.45, 7) is 2.11. The Kier molecular flexibility index (Phi) is 4.28. The second-order valence-electron chi connectivity index (χ2n) is 6.15. The normalized spacial score (nSPS) is 23.1. The number of hydrogen-bond acceptors (Lipinski definition) is 3. The van der Waals surface area contributed by atoms with Crippen LogP contribution in [0.3, 0.4) is 0 Å². The molecular formula is C18H20N2O3. The molecule has 1 heterocycles. The Bertz CT molecular complexity index is 655. The van der Waals surface area contributed by atoms with Gasteiger partial charge in [0, 0.05) is 18.7 Å². The predicted octanol–water partition coefficient (Wildman–Crippen LogP) is 2.27. The fraction of sp³-hybridized carbons (Fsp3) is 0.389. The Morgan fingerprint density at radius 3 is 2.43 bits per heavy atom. The highest BCUT2D eigenvalue weighted by Gasteiger charge is 2.46. The van der Waals surface area contributed by atoms with Crippen molar-refractivity contribution in [1.29, 1.82) is 0 Å². The second kappa shape index (κ2) is 6.36. The number of nitrogens with one attached hydrogen (secondary N) is 1. The summed E-state index contributed by atoms with van der Waals surface area (Å²) in [6, 6.07) is 7.52. The zero-order valence-corrected chi connectivity index (χ0v) is 13.1. The molecule has 3 amide bonds. The molecule has 5 nitrogen and oxygen atoms in total. The van der Waals surface area contributed by atoms with Crippen LogP contribution in [-0.2, 0) is 14.4 Å². The number of imide groups is 1. The molecule has 1 aliphatic carbocycles. The van der Waals surface area contributed by atoms with Gasteiger partial charge >= 0.3 is 0 Å². The summed E-state index contributed by atoms with van der Waals surface area (Å²) in [6.07, 6.45) is 5.29. The molecule has 1 aliphatic heterocycles. The van der Waals surface area contributed by atoms with E-state index in [4.69, 9.17) is 0 Å². The number of nitrogens with zero attached hydrogens (tertiary/aromatic N) is 1. The van der Waals surface area contributed by atoms with Crippen molar-refractivity contribution in [2.24, 2.45) is 11.8 Å². The van der Waals surface area contributed by atoms with E-state index in [0.717, 1.165) is 11.3 Å². The van der Waals surface area contributed by atoms with Crippen molar-refractivity contribution >= 4 is 23.4 Å². The van der Waals surface area contributed by atoms with E-state index in [0.29, 0.717) is 12.8 Å². The van der Waals surface area contributed by atoms with Gasteiger partial charge in [0.1, 0.15) is 0 Å². The highest BCUT2D eigenvalue weighted by molar-refractivity contribution is 6.05. The van der Waals surface area contributed by atoms with Crippen LogP contribution in [0.2, 0.25) is 0 Å². The Hall–Kier alpha value is -2.43. The first kappa shape index (κ1) is 15.5. The van der Waals surface area contributed by atoms with Gasteiger partial charge in [0.2, 0.25) is 17.7 Å². The van der Waals surface area contributed by atoms with Gasteiger partial charge in [-0.3, -0.25) is 19.3 Å². The molecule has 0 spiro atoms. The molecule has 0 bridgehead atoms. The van der Waals surface area contributed by atoms with Gasteiger partial charge in [-0.05, 0) is 37.5 Å². The summed E-state index contributed by atoms with van der Waals surface area (Å²) in [5, 5.41) is 2.80. The molecule has 0 radical (unpaired) electrons. The van der Waals surface area contributed by atoms with Crippen molar-refractivity contribution in [3.8, 4) is 0 Å². The number of fused-ring (bicyclic) bond motifs is 1. The zero-order chi connectivity index (χ0) is 16.4. The molecule has 3 rings (SSSR count). The van der Waals surface area contributed by atoms with E-state index < -0.39 is 0 Å². The molecular weight excluding hydrogens is 292 g/mol. The van der Waals surface area contributed by atoms with Crippen LogP contribution >= 0.6 is 0 Å². The van der Waals surface area contributed by atoms with Crippen LogP contribution in [0.4, 0.5) is 5.69 Å². The van der Waals surface area contributed by atoms with Gasteiger partial charge in [-0.2, -0.15) is 0 Å². The highest BCUT2D eigenvalue weighted by atomic mass is 16.2. The minimum absolute atomic E-state index is 0.123. The smallest absolute Gasteiger partial charge is 0.233 e. The summed E-state index contributed by atoms with van der Waals surface area (Å²) in [5.74, 6) is -0.913. The maximum absolute atomic E-state index is 12.3. The lowest BCUT2D eigenvalue weighted by Crippen LogP contribution is -2.34. The number of allylic oxidation sites excluding steroid dienone is 2. The number of carbonyl (C=O) groups is 3. The number of carbonyl (C=O) groups excluding carboxylic acids is 3. The Morgan fingerprint density at radius 1 is 1.17 bits per heavy atom. The van der Waals surface area contributed by atoms with Crippen LogP contribution in [-0.4, -0.2) is 29.2 Å². The summed E-state index contributed by atoms with van der Waals surface area (Å²) < 4.78 is 0. The van der Waals surface area contributed by atoms with Crippen molar-refractivity contribution in [3.05, 3.63) is 42.0 Å². The van der Waals surface area contributed by atoms with Crippen molar-refractivity contribution in [2.45, 2.75) is 26.2 Å². The molecule has 120 valence electrons. The molecule has 23 heavy (non-hydrogen) atoms. The van der Waals surface area contributed by atoms with E-state index >= 15 is 0 Å². The predicted molar refractivity (Wildman–Crippen MR) is 86.5 cm³/mol. The largest absolute Gasteiger partial charge is 0.326 e. The van der Waals surface area contributed by atoms with Crippen molar-refractivity contribution < 1.29 is 14.4 Å². The SMILES string of the molecule is Cc1cccc(NC(=O)CCN2C(=O)C3CC=CCC3C2=O)c1. The number of aryl methyl sites for hydroxylation is 1. The van der Waals surface area contributed by atoms with Crippen molar-refractivity contribution in [3.63, 3.8) is 0 Å². The quantitative estimate of drug-likeness (QED) is 0.685. The standard InChI is InChI=1S/C18H20N2O3/c1-12-5-4-6-13(11-12)19-16(21)9-10-20-17(22)14-7-2-3-8-15(14)18(20)23/h2-6,11,14-15H,7-10H2,1H3,(H,19,21). The lowest BCUT2D eigenvalue weighted by atomic mass is 9.85. The molecule has 0 saturated carbocycles. The first-order valence-corrected chi connectivity index (χ1v) is 7.93. The third kappa shape index (κ3) is 3.18. The topological polar surface area (TPSA) is 66.5 Å². The highest BCUT2D eigenvalue weighted by Crippen LogP contribution is 2.34. The fourth-order valence-electron chi connectivity index (χ4n) is 3.25. The van der Waals surface area contributed by atoms with E-state index in [1.807, 2.05) is 43.3 Å². The molecule has 1 aromatic rings. The van der Waals surface area contributed by atoms with Gasteiger partial charge < -0.3 is 5.32 Å². The van der Waals surface area contributed by atoms with Gasteiger partial charge in [0.05, 0.1) is 11.8 Å². The summed E-state index contributed by atoms with van der Waals surface area (Å²) in [5.41, 5.74) is 1.79. The lowest BCUT2D eigenvalue weighted by Gasteiger charge is -2.14. The van der Waals surface area contributed by atoms with E-state index in [2.05, 4.69) is 5.32 Å². The number of anilines is 1. The Labute approximate surface area is 135 Å². The third-order valence-corrected chi connectivity index (χ3v) is 4.46. The van der Waals surface area contributed by atoms with Crippen LogP contribution in [0.25, 0.3) is 0 Å². The van der Waals surface area contributed by atoms with Gasteiger partial charge in [-0.1, -0.05) is 24.3 Å². The molecule has 1 N–H and O–H groups in total. The van der Waals surface area contributed by atoms with Gasteiger partial charge in [0.25, 0.3) is 0 Å². The van der Waals surface area contributed by atoms with Crippen LogP contribution in [0.5, 0.6) is 0 Å². The van der Waals surface area contributed by atoms with Gasteiger partial charge in [-0.25, -0.2) is 0 Å². The maximum Gasteiger partial charge on any atom is 0.233 e. The van der Waals surface area contributed by atoms with E-state index in [9.17, 15) is 14.4 Å². The fourth-order valence-corrected chi connectivity index (χ4v) is 3.25. The van der Waals surface area contributed by atoms with Crippen LogP contribution < -0.4 is 5.32 Å². The number of rotatable bonds is 4. The average Bonchev–Trinajstić information content (AvgIpc) is 2.77. The second-order valence-corrected chi connectivity index (χ2v) is 6.15. The van der Waals surface area contributed by atoms with Crippen LogP contribution in [0.15, 0.2) is 36.4 Å². The summed E-state index contributed by atoms with van der Waals surface area (Å²) >= 11 is 0. The van der Waals surface area contributed by atoms with Crippen LogP contribution in [0, 0.1) is 18.8 Å². The number of hydrogen-bond donors (Lipinski definition) is 1. The molecule has 0 aromatic heterocycles. The number of likely N-dealkylation sites (tertiary alicyclic amines) is 1. The molecule has 2 atom stereocenters. The van der Waals surface area contributed by atoms with Gasteiger partial charge in [0.15, 0.2) is 0 Å². The monoisotopic (exact) mass is 312 g/mol.